The maximum atomic E-state index is 12.5. The Morgan fingerprint density at radius 3 is 3.00 bits per heavy atom. The molecule has 0 radical (unpaired) electrons. The minimum absolute atomic E-state index is 0.0276. The van der Waals surface area contributed by atoms with Crippen LogP contribution in [0, 0.1) is 18.8 Å². The first-order valence-corrected chi connectivity index (χ1v) is 7.18. The highest BCUT2D eigenvalue weighted by Crippen LogP contribution is 2.17. The number of rotatable bonds is 3. The summed E-state index contributed by atoms with van der Waals surface area (Å²) in [7, 11) is 1.68. The van der Waals surface area contributed by atoms with Gasteiger partial charge in [-0.1, -0.05) is 17.9 Å². The van der Waals surface area contributed by atoms with E-state index in [0.29, 0.717) is 18.5 Å². The summed E-state index contributed by atoms with van der Waals surface area (Å²) in [5.74, 6) is 5.94. The smallest absolute Gasteiger partial charge is 0.253 e. The van der Waals surface area contributed by atoms with Crippen molar-refractivity contribution in [2.24, 2.45) is 0 Å². The highest BCUT2D eigenvalue weighted by molar-refractivity contribution is 5.95. The average Bonchev–Trinajstić information content (AvgIpc) is 2.97. The van der Waals surface area contributed by atoms with Crippen LogP contribution in [0.3, 0.4) is 0 Å². The maximum absolute atomic E-state index is 12.5. The van der Waals surface area contributed by atoms with Crippen molar-refractivity contribution in [3.8, 4) is 11.8 Å². The first kappa shape index (κ1) is 15.6. The van der Waals surface area contributed by atoms with Crippen LogP contribution in [0.15, 0.2) is 18.2 Å². The molecular weight excluding hydrogens is 266 g/mol. The Morgan fingerprint density at radius 1 is 1.52 bits per heavy atom. The number of aliphatic hydroxyl groups is 1. The third-order valence-electron chi connectivity index (χ3n) is 3.71. The highest BCUT2D eigenvalue weighted by Gasteiger charge is 2.26. The van der Waals surface area contributed by atoms with Crippen molar-refractivity contribution in [2.45, 2.75) is 25.9 Å². The van der Waals surface area contributed by atoms with Gasteiger partial charge in [-0.3, -0.25) is 4.79 Å². The largest absolute Gasteiger partial charge is 0.395 e. The first-order valence-electron chi connectivity index (χ1n) is 7.18. The molecule has 1 unspecified atom stereocenters. The summed E-state index contributed by atoms with van der Waals surface area (Å²) in [6.07, 6.45) is 1.47. The molecule has 1 aliphatic rings. The lowest BCUT2D eigenvalue weighted by atomic mass is 10.0. The van der Waals surface area contributed by atoms with Crippen LogP contribution in [0.2, 0.25) is 0 Å². The van der Waals surface area contributed by atoms with Gasteiger partial charge in [0.05, 0.1) is 12.7 Å². The molecule has 1 N–H and O–H groups in total. The SMILES string of the molecule is COC1CCN(C(=O)c2ccc(C)c(C#CCCO)c2)C1. The van der Waals surface area contributed by atoms with Crippen molar-refractivity contribution >= 4 is 5.91 Å². The van der Waals surface area contributed by atoms with Crippen LogP contribution in [0.1, 0.15) is 34.3 Å². The normalized spacial score (nSPS) is 17.5. The number of benzene rings is 1. The van der Waals surface area contributed by atoms with Crippen molar-refractivity contribution in [2.75, 3.05) is 26.8 Å². The van der Waals surface area contributed by atoms with Crippen LogP contribution >= 0.6 is 0 Å². The molecule has 1 aromatic carbocycles. The summed E-state index contributed by atoms with van der Waals surface area (Å²) in [5, 5.41) is 8.77. The predicted molar refractivity (Wildman–Crippen MR) is 81.1 cm³/mol. The van der Waals surface area contributed by atoms with Gasteiger partial charge in [-0.25, -0.2) is 0 Å². The highest BCUT2D eigenvalue weighted by atomic mass is 16.5. The van der Waals surface area contributed by atoms with Crippen LogP contribution in [-0.2, 0) is 4.74 Å². The Kier molecular flexibility index (Phi) is 5.38. The monoisotopic (exact) mass is 287 g/mol. The Morgan fingerprint density at radius 2 is 2.33 bits per heavy atom. The van der Waals surface area contributed by atoms with E-state index >= 15 is 0 Å². The number of amides is 1. The molecule has 1 amide bonds. The van der Waals surface area contributed by atoms with Gasteiger partial charge < -0.3 is 14.7 Å². The Hall–Kier alpha value is -1.83. The molecule has 1 saturated heterocycles. The van der Waals surface area contributed by atoms with Gasteiger partial charge in [0.2, 0.25) is 0 Å². The number of carbonyl (C=O) groups is 1. The van der Waals surface area contributed by atoms with Gasteiger partial charge in [-0.2, -0.15) is 0 Å². The predicted octanol–water partition coefficient (Wildman–Crippen LogP) is 1.59. The number of nitrogens with zero attached hydrogens (tertiary/aromatic N) is 1. The molecule has 2 rings (SSSR count). The lowest BCUT2D eigenvalue weighted by molar-refractivity contribution is 0.0724. The molecule has 0 aromatic heterocycles. The van der Waals surface area contributed by atoms with Crippen molar-refractivity contribution in [1.82, 2.24) is 4.90 Å². The van der Waals surface area contributed by atoms with Crippen LogP contribution in [-0.4, -0.2) is 48.8 Å². The van der Waals surface area contributed by atoms with E-state index in [1.54, 1.807) is 7.11 Å². The molecule has 1 aliphatic heterocycles. The number of aliphatic hydroxyl groups excluding tert-OH is 1. The summed E-state index contributed by atoms with van der Waals surface area (Å²) in [5.41, 5.74) is 2.54. The second kappa shape index (κ2) is 7.26. The lowest BCUT2D eigenvalue weighted by Crippen LogP contribution is -2.30. The van der Waals surface area contributed by atoms with E-state index in [-0.39, 0.29) is 18.6 Å². The Balaban J connectivity index is 2.15. The zero-order valence-electron chi connectivity index (χ0n) is 12.6. The number of hydrogen-bond acceptors (Lipinski definition) is 3. The van der Waals surface area contributed by atoms with E-state index in [0.717, 1.165) is 24.1 Å². The molecule has 0 saturated carbocycles. The quantitative estimate of drug-likeness (QED) is 0.859. The van der Waals surface area contributed by atoms with Crippen LogP contribution < -0.4 is 0 Å². The van der Waals surface area contributed by atoms with Crippen LogP contribution in [0.4, 0.5) is 0 Å². The fourth-order valence-corrected chi connectivity index (χ4v) is 2.39. The van der Waals surface area contributed by atoms with Gasteiger partial charge in [0.1, 0.15) is 0 Å². The molecule has 0 spiro atoms. The zero-order chi connectivity index (χ0) is 15.2. The summed E-state index contributed by atoms with van der Waals surface area (Å²) in [6.45, 7) is 3.40. The molecule has 1 atom stereocenters. The molecule has 1 heterocycles. The van der Waals surface area contributed by atoms with Gasteiger partial charge >= 0.3 is 0 Å². The standard InChI is InChI=1S/C17H21NO3/c1-13-6-7-15(11-14(13)5-3-4-10-19)17(20)18-9-8-16(12-18)21-2/h6-7,11,16,19H,4,8-10,12H2,1-2H3. The van der Waals surface area contributed by atoms with Crippen LogP contribution in [0.25, 0.3) is 0 Å². The number of methoxy groups -OCH3 is 1. The molecule has 1 aromatic rings. The van der Waals surface area contributed by atoms with Gasteiger partial charge in [-0.05, 0) is 31.0 Å². The minimum atomic E-state index is 0.0276. The van der Waals surface area contributed by atoms with Crippen molar-refractivity contribution in [3.63, 3.8) is 0 Å². The molecule has 0 bridgehead atoms. The maximum Gasteiger partial charge on any atom is 0.253 e. The first-order chi connectivity index (χ1) is 10.2. The van der Waals surface area contributed by atoms with E-state index in [4.69, 9.17) is 9.84 Å². The van der Waals surface area contributed by atoms with Gasteiger partial charge in [0, 0.05) is 37.7 Å². The molecule has 4 heteroatoms. The number of carbonyl (C=O) groups excluding carboxylic acids is 1. The third kappa shape index (κ3) is 3.84. The number of aryl methyl sites for hydroxylation is 1. The van der Waals surface area contributed by atoms with Gasteiger partial charge in [0.25, 0.3) is 5.91 Å². The Labute approximate surface area is 125 Å². The van der Waals surface area contributed by atoms with E-state index in [9.17, 15) is 4.79 Å². The summed E-state index contributed by atoms with van der Waals surface area (Å²) >= 11 is 0. The number of likely N-dealkylation sites (tertiary alicyclic amines) is 1. The fraction of sp³-hybridized carbons (Fsp3) is 0.471. The van der Waals surface area contributed by atoms with Crippen molar-refractivity contribution in [1.29, 1.82) is 0 Å². The third-order valence-corrected chi connectivity index (χ3v) is 3.71. The topological polar surface area (TPSA) is 49.8 Å². The summed E-state index contributed by atoms with van der Waals surface area (Å²) in [4.78, 5) is 14.3. The van der Waals surface area contributed by atoms with Crippen molar-refractivity contribution in [3.05, 3.63) is 34.9 Å². The molecule has 112 valence electrons. The molecular formula is C17H21NO3. The van der Waals surface area contributed by atoms with Crippen molar-refractivity contribution < 1.29 is 14.6 Å². The van der Waals surface area contributed by atoms with Gasteiger partial charge in [0.15, 0.2) is 0 Å². The van der Waals surface area contributed by atoms with Gasteiger partial charge in [-0.15, -0.1) is 0 Å². The summed E-state index contributed by atoms with van der Waals surface area (Å²) in [6, 6.07) is 5.59. The lowest BCUT2D eigenvalue weighted by Gasteiger charge is -2.16. The molecule has 0 aliphatic carbocycles. The summed E-state index contributed by atoms with van der Waals surface area (Å²) < 4.78 is 5.30. The molecule has 4 nitrogen and oxygen atoms in total. The molecule has 21 heavy (non-hydrogen) atoms. The number of hydrogen-bond donors (Lipinski definition) is 1. The fourth-order valence-electron chi connectivity index (χ4n) is 2.39. The van der Waals surface area contributed by atoms with E-state index in [1.165, 1.54) is 0 Å². The zero-order valence-corrected chi connectivity index (χ0v) is 12.6. The minimum Gasteiger partial charge on any atom is -0.395 e. The second-order valence-electron chi connectivity index (χ2n) is 5.20. The Bertz CT molecular complexity index is 571. The second-order valence-corrected chi connectivity index (χ2v) is 5.20. The van der Waals surface area contributed by atoms with E-state index in [2.05, 4.69) is 11.8 Å². The van der Waals surface area contributed by atoms with E-state index < -0.39 is 0 Å². The average molecular weight is 287 g/mol. The molecule has 1 fully saturated rings. The number of ether oxygens (including phenoxy) is 1. The van der Waals surface area contributed by atoms with E-state index in [1.807, 2.05) is 30.0 Å². The van der Waals surface area contributed by atoms with Crippen LogP contribution in [0.5, 0.6) is 0 Å².